The van der Waals surface area contributed by atoms with Crippen LogP contribution in [0.4, 0.5) is 0 Å². The molecule has 2 aromatic rings. The molecule has 1 aliphatic rings. The van der Waals surface area contributed by atoms with Crippen LogP contribution >= 0.6 is 22.7 Å². The fourth-order valence-corrected chi connectivity index (χ4v) is 4.76. The molecule has 0 aromatic carbocycles. The van der Waals surface area contributed by atoms with Crippen LogP contribution in [-0.2, 0) is 4.79 Å². The van der Waals surface area contributed by atoms with Gasteiger partial charge < -0.3 is 10.2 Å². The van der Waals surface area contributed by atoms with E-state index in [1.54, 1.807) is 11.3 Å². The molecule has 0 unspecified atom stereocenters. The van der Waals surface area contributed by atoms with Gasteiger partial charge in [-0.15, -0.1) is 11.3 Å². The number of hydrogen-bond acceptors (Lipinski definition) is 6. The molecule has 0 atom stereocenters. The van der Waals surface area contributed by atoms with Gasteiger partial charge in [0.15, 0.2) is 0 Å². The van der Waals surface area contributed by atoms with Gasteiger partial charge in [0.05, 0.1) is 12.2 Å². The van der Waals surface area contributed by atoms with Crippen molar-refractivity contribution in [3.05, 3.63) is 27.4 Å². The van der Waals surface area contributed by atoms with Crippen LogP contribution in [0.1, 0.15) is 36.1 Å². The molecule has 0 radical (unpaired) electrons. The lowest BCUT2D eigenvalue weighted by Crippen LogP contribution is -2.52. The standard InChI is InChI=1S/C19H26N4O2S2/c1-13-16(27-17(20-13)14-5-10-26-12-14)18(25)23-8-6-22(7-9-23)11-15(24)21-19(2,3)4/h5,10,12H,6-9,11H2,1-4H3,(H,21,24). The third-order valence-corrected chi connectivity index (χ3v) is 6.18. The molecule has 2 aromatic heterocycles. The minimum Gasteiger partial charge on any atom is -0.350 e. The number of aryl methyl sites for hydroxylation is 1. The quantitative estimate of drug-likeness (QED) is 0.848. The Morgan fingerprint density at radius 3 is 2.52 bits per heavy atom. The first kappa shape index (κ1) is 20.0. The smallest absolute Gasteiger partial charge is 0.265 e. The average Bonchev–Trinajstić information content (AvgIpc) is 3.22. The molecule has 3 rings (SSSR count). The zero-order chi connectivity index (χ0) is 19.6. The van der Waals surface area contributed by atoms with Crippen LogP contribution in [0.25, 0.3) is 10.6 Å². The summed E-state index contributed by atoms with van der Waals surface area (Å²) in [6.07, 6.45) is 0. The lowest BCUT2D eigenvalue weighted by atomic mass is 10.1. The highest BCUT2D eigenvalue weighted by molar-refractivity contribution is 7.17. The van der Waals surface area contributed by atoms with E-state index >= 15 is 0 Å². The van der Waals surface area contributed by atoms with Crippen molar-refractivity contribution in [2.45, 2.75) is 33.2 Å². The molecule has 146 valence electrons. The van der Waals surface area contributed by atoms with Crippen molar-refractivity contribution in [1.29, 1.82) is 0 Å². The topological polar surface area (TPSA) is 65.5 Å². The monoisotopic (exact) mass is 406 g/mol. The van der Waals surface area contributed by atoms with E-state index in [4.69, 9.17) is 0 Å². The first-order valence-corrected chi connectivity index (χ1v) is 10.8. The Morgan fingerprint density at radius 2 is 1.93 bits per heavy atom. The Hall–Kier alpha value is -1.77. The van der Waals surface area contributed by atoms with Crippen molar-refractivity contribution in [3.8, 4) is 10.6 Å². The van der Waals surface area contributed by atoms with Gasteiger partial charge >= 0.3 is 0 Å². The van der Waals surface area contributed by atoms with E-state index in [1.165, 1.54) is 11.3 Å². The van der Waals surface area contributed by atoms with Crippen LogP contribution < -0.4 is 5.32 Å². The van der Waals surface area contributed by atoms with Gasteiger partial charge in [0.25, 0.3) is 5.91 Å². The molecule has 3 heterocycles. The van der Waals surface area contributed by atoms with Crippen LogP contribution in [0.2, 0.25) is 0 Å². The number of piperazine rings is 1. The normalized spacial score (nSPS) is 15.8. The summed E-state index contributed by atoms with van der Waals surface area (Å²) in [7, 11) is 0. The number of rotatable bonds is 4. The zero-order valence-corrected chi connectivity index (χ0v) is 17.9. The predicted molar refractivity (Wildman–Crippen MR) is 110 cm³/mol. The van der Waals surface area contributed by atoms with Crippen LogP contribution in [-0.4, -0.2) is 64.9 Å². The second-order valence-electron chi connectivity index (χ2n) is 7.81. The maximum atomic E-state index is 12.9. The highest BCUT2D eigenvalue weighted by Crippen LogP contribution is 2.30. The van der Waals surface area contributed by atoms with Crippen molar-refractivity contribution in [2.24, 2.45) is 0 Å². The molecular weight excluding hydrogens is 380 g/mol. The molecule has 1 fully saturated rings. The number of hydrogen-bond donors (Lipinski definition) is 1. The zero-order valence-electron chi connectivity index (χ0n) is 16.2. The Balaban J connectivity index is 1.57. The minimum absolute atomic E-state index is 0.0287. The summed E-state index contributed by atoms with van der Waals surface area (Å²) in [5.41, 5.74) is 1.64. The Kier molecular flexibility index (Phi) is 5.98. The van der Waals surface area contributed by atoms with Crippen LogP contribution in [0.3, 0.4) is 0 Å². The third-order valence-electron chi connectivity index (χ3n) is 4.30. The first-order chi connectivity index (χ1) is 12.7. The number of carbonyl (C=O) groups is 2. The Labute approximate surface area is 168 Å². The Morgan fingerprint density at radius 1 is 1.22 bits per heavy atom. The van der Waals surface area contributed by atoms with E-state index < -0.39 is 0 Å². The summed E-state index contributed by atoms with van der Waals surface area (Å²) in [6, 6.07) is 2.03. The summed E-state index contributed by atoms with van der Waals surface area (Å²) in [5.74, 6) is 0.0752. The number of thiophene rings is 1. The molecule has 1 aliphatic heterocycles. The minimum atomic E-state index is -0.223. The van der Waals surface area contributed by atoms with Crippen molar-refractivity contribution in [1.82, 2.24) is 20.1 Å². The van der Waals surface area contributed by atoms with Gasteiger partial charge in [-0.05, 0) is 39.1 Å². The van der Waals surface area contributed by atoms with E-state index in [2.05, 4.69) is 15.2 Å². The maximum Gasteiger partial charge on any atom is 0.265 e. The molecule has 6 nitrogen and oxygen atoms in total. The van der Waals surface area contributed by atoms with E-state index in [0.717, 1.165) is 21.1 Å². The van der Waals surface area contributed by atoms with E-state index in [-0.39, 0.29) is 17.4 Å². The summed E-state index contributed by atoms with van der Waals surface area (Å²) in [6.45, 7) is 10.9. The van der Waals surface area contributed by atoms with Crippen LogP contribution in [0.15, 0.2) is 16.8 Å². The van der Waals surface area contributed by atoms with Crippen molar-refractivity contribution >= 4 is 34.5 Å². The fraction of sp³-hybridized carbons (Fsp3) is 0.526. The lowest BCUT2D eigenvalue weighted by molar-refractivity contribution is -0.124. The summed E-state index contributed by atoms with van der Waals surface area (Å²) >= 11 is 3.09. The maximum absolute atomic E-state index is 12.9. The van der Waals surface area contributed by atoms with E-state index in [9.17, 15) is 9.59 Å². The molecule has 8 heteroatoms. The number of nitrogens with zero attached hydrogens (tertiary/aromatic N) is 3. The highest BCUT2D eigenvalue weighted by atomic mass is 32.1. The number of nitrogens with one attached hydrogen (secondary N) is 1. The van der Waals surface area contributed by atoms with Gasteiger partial charge in [0.1, 0.15) is 9.88 Å². The van der Waals surface area contributed by atoms with Crippen molar-refractivity contribution in [2.75, 3.05) is 32.7 Å². The summed E-state index contributed by atoms with van der Waals surface area (Å²) < 4.78 is 0. The molecule has 0 bridgehead atoms. The lowest BCUT2D eigenvalue weighted by Gasteiger charge is -2.34. The largest absolute Gasteiger partial charge is 0.350 e. The molecule has 1 saturated heterocycles. The predicted octanol–water partition coefficient (Wildman–Crippen LogP) is 2.85. The fourth-order valence-electron chi connectivity index (χ4n) is 3.02. The van der Waals surface area contributed by atoms with Crippen LogP contribution in [0, 0.1) is 6.92 Å². The van der Waals surface area contributed by atoms with E-state index in [0.29, 0.717) is 32.7 Å². The number of carbonyl (C=O) groups excluding carboxylic acids is 2. The SMILES string of the molecule is Cc1nc(-c2ccsc2)sc1C(=O)N1CCN(CC(=O)NC(C)(C)C)CC1. The molecule has 0 spiro atoms. The molecule has 0 aliphatic carbocycles. The molecule has 2 amide bonds. The van der Waals surface area contributed by atoms with Gasteiger partial charge in [-0.3, -0.25) is 14.5 Å². The molecule has 1 N–H and O–H groups in total. The van der Waals surface area contributed by atoms with Gasteiger partial charge in [-0.25, -0.2) is 4.98 Å². The summed E-state index contributed by atoms with van der Waals surface area (Å²) in [4.78, 5) is 34.3. The van der Waals surface area contributed by atoms with Gasteiger partial charge in [-0.2, -0.15) is 11.3 Å². The van der Waals surface area contributed by atoms with Gasteiger partial charge in [-0.1, -0.05) is 0 Å². The highest BCUT2D eigenvalue weighted by Gasteiger charge is 2.27. The number of aromatic nitrogens is 1. The van der Waals surface area contributed by atoms with Gasteiger partial charge in [0.2, 0.25) is 5.91 Å². The number of amides is 2. The molecule has 0 saturated carbocycles. The van der Waals surface area contributed by atoms with Crippen LogP contribution in [0.5, 0.6) is 0 Å². The average molecular weight is 407 g/mol. The second kappa shape index (κ2) is 8.08. The van der Waals surface area contributed by atoms with Crippen molar-refractivity contribution < 1.29 is 9.59 Å². The third kappa shape index (κ3) is 5.15. The van der Waals surface area contributed by atoms with Crippen molar-refractivity contribution in [3.63, 3.8) is 0 Å². The molecular formula is C19H26N4O2S2. The van der Waals surface area contributed by atoms with Gasteiger partial charge in [0, 0.05) is 42.7 Å². The summed E-state index contributed by atoms with van der Waals surface area (Å²) in [5, 5.41) is 7.95. The molecule has 27 heavy (non-hydrogen) atoms. The van der Waals surface area contributed by atoms with E-state index in [1.807, 2.05) is 49.4 Å². The second-order valence-corrected chi connectivity index (χ2v) is 9.59. The number of thiazole rings is 1. The first-order valence-electron chi connectivity index (χ1n) is 9.05. The Bertz CT molecular complexity index is 800.